The first-order valence-corrected chi connectivity index (χ1v) is 9.87. The zero-order valence-corrected chi connectivity index (χ0v) is 17.8. The lowest BCUT2D eigenvalue weighted by Gasteiger charge is -2.19. The smallest absolute Gasteiger partial charge is 0.389 e. The molecule has 8 heteroatoms. The van der Waals surface area contributed by atoms with Crippen LogP contribution in [-0.4, -0.2) is 12.3 Å². The summed E-state index contributed by atoms with van der Waals surface area (Å²) in [6.45, 7) is -0.0701. The monoisotopic (exact) mass is 470 g/mol. The van der Waals surface area contributed by atoms with Crippen molar-refractivity contribution in [2.24, 2.45) is 0 Å². The molecule has 0 bridgehead atoms. The van der Waals surface area contributed by atoms with E-state index in [0.29, 0.717) is 37.2 Å². The van der Waals surface area contributed by atoms with E-state index in [-0.39, 0.29) is 6.61 Å². The molecule has 0 saturated carbocycles. The Labute approximate surface area is 187 Å². The third-order valence-corrected chi connectivity index (χ3v) is 4.78. The molecular formula is C21H14Cl4O4. The number of benzene rings is 3. The van der Waals surface area contributed by atoms with E-state index in [2.05, 4.69) is 0 Å². The van der Waals surface area contributed by atoms with E-state index in [0.717, 1.165) is 0 Å². The van der Waals surface area contributed by atoms with Gasteiger partial charge in [-0.15, -0.1) is 0 Å². The molecule has 4 nitrogen and oxygen atoms in total. The van der Waals surface area contributed by atoms with Crippen molar-refractivity contribution in [3.05, 3.63) is 92.4 Å². The fourth-order valence-corrected chi connectivity index (χ4v) is 2.96. The lowest BCUT2D eigenvalue weighted by atomic mass is 10.2. The predicted molar refractivity (Wildman–Crippen MR) is 114 cm³/mol. The third-order valence-electron chi connectivity index (χ3n) is 3.69. The van der Waals surface area contributed by atoms with Crippen molar-refractivity contribution in [3.63, 3.8) is 0 Å². The van der Waals surface area contributed by atoms with Crippen LogP contribution in [0.25, 0.3) is 0 Å². The summed E-state index contributed by atoms with van der Waals surface area (Å²) in [6, 6.07) is 17.9. The second-order valence-corrected chi connectivity index (χ2v) is 7.54. The fourth-order valence-electron chi connectivity index (χ4n) is 2.25. The molecule has 0 spiro atoms. The molecule has 3 aromatic carbocycles. The Bertz CT molecular complexity index is 927. The van der Waals surface area contributed by atoms with E-state index in [9.17, 15) is 4.79 Å². The molecule has 0 aliphatic rings. The van der Waals surface area contributed by atoms with Gasteiger partial charge in [0.2, 0.25) is 0 Å². The van der Waals surface area contributed by atoms with Crippen LogP contribution in [0.15, 0.2) is 66.7 Å². The summed E-state index contributed by atoms with van der Waals surface area (Å²) in [6.07, 6.45) is -1.36. The summed E-state index contributed by atoms with van der Waals surface area (Å²) in [5, 5.41) is 1.94. The molecule has 0 fully saturated rings. The second kappa shape index (κ2) is 10.1. The highest BCUT2D eigenvalue weighted by Gasteiger charge is 2.25. The average molecular weight is 472 g/mol. The van der Waals surface area contributed by atoms with Gasteiger partial charge in [0.1, 0.15) is 18.1 Å². The number of rotatable bonds is 7. The third kappa shape index (κ3) is 6.44. The Morgan fingerprint density at radius 1 is 0.724 bits per heavy atom. The van der Waals surface area contributed by atoms with Crippen molar-refractivity contribution in [3.8, 4) is 11.5 Å². The van der Waals surface area contributed by atoms with Crippen LogP contribution in [0.1, 0.15) is 5.56 Å². The lowest BCUT2D eigenvalue weighted by Crippen LogP contribution is -2.35. The van der Waals surface area contributed by atoms with Gasteiger partial charge in [-0.25, -0.2) is 4.79 Å². The van der Waals surface area contributed by atoms with Crippen LogP contribution in [-0.2, 0) is 16.1 Å². The predicted octanol–water partition coefficient (Wildman–Crippen LogP) is 6.83. The van der Waals surface area contributed by atoms with Crippen molar-refractivity contribution in [1.29, 1.82) is 0 Å². The number of esters is 1. The SMILES string of the molecule is O=C(OCc1ccc(Cl)cc1Cl)C(Oc1ccc(Cl)cc1)Oc1ccc(Cl)cc1. The van der Waals surface area contributed by atoms with Gasteiger partial charge in [-0.1, -0.05) is 52.5 Å². The highest BCUT2D eigenvalue weighted by molar-refractivity contribution is 6.35. The van der Waals surface area contributed by atoms with Gasteiger partial charge in [-0.3, -0.25) is 0 Å². The van der Waals surface area contributed by atoms with Crippen LogP contribution in [0, 0.1) is 0 Å². The van der Waals surface area contributed by atoms with Crippen LogP contribution in [0.2, 0.25) is 20.1 Å². The number of carbonyl (C=O) groups excluding carboxylic acids is 1. The fraction of sp³-hybridized carbons (Fsp3) is 0.0952. The number of hydrogen-bond acceptors (Lipinski definition) is 4. The molecule has 0 aromatic heterocycles. The van der Waals surface area contributed by atoms with Crippen molar-refractivity contribution in [2.45, 2.75) is 12.9 Å². The molecule has 150 valence electrons. The molecule has 0 amide bonds. The van der Waals surface area contributed by atoms with Gasteiger partial charge in [0.05, 0.1) is 0 Å². The summed E-state index contributed by atoms with van der Waals surface area (Å²) in [7, 11) is 0. The molecule has 0 aliphatic heterocycles. The van der Waals surface area contributed by atoms with Gasteiger partial charge in [0, 0.05) is 25.7 Å². The molecule has 0 saturated heterocycles. The first-order chi connectivity index (χ1) is 13.9. The summed E-state index contributed by atoms with van der Waals surface area (Å²) >= 11 is 23.8. The van der Waals surface area contributed by atoms with Gasteiger partial charge < -0.3 is 14.2 Å². The highest BCUT2D eigenvalue weighted by atomic mass is 35.5. The van der Waals surface area contributed by atoms with Gasteiger partial charge in [-0.2, -0.15) is 0 Å². The minimum atomic E-state index is -1.36. The van der Waals surface area contributed by atoms with Crippen molar-refractivity contribution in [1.82, 2.24) is 0 Å². The number of hydrogen-bond donors (Lipinski definition) is 0. The largest absolute Gasteiger partial charge is 0.455 e. The molecule has 0 N–H and O–H groups in total. The minimum Gasteiger partial charge on any atom is -0.455 e. The summed E-state index contributed by atoms with van der Waals surface area (Å²) in [4.78, 5) is 12.6. The molecule has 0 radical (unpaired) electrons. The van der Waals surface area contributed by atoms with E-state index < -0.39 is 12.3 Å². The van der Waals surface area contributed by atoms with Crippen LogP contribution >= 0.6 is 46.4 Å². The second-order valence-electron chi connectivity index (χ2n) is 5.82. The van der Waals surface area contributed by atoms with Crippen molar-refractivity contribution >= 4 is 52.4 Å². The summed E-state index contributed by atoms with van der Waals surface area (Å²) in [5.74, 6) is 0.0330. The Morgan fingerprint density at radius 2 is 1.21 bits per heavy atom. The molecular weight excluding hydrogens is 458 g/mol. The zero-order valence-electron chi connectivity index (χ0n) is 14.8. The highest BCUT2D eigenvalue weighted by Crippen LogP contribution is 2.23. The molecule has 0 unspecified atom stereocenters. The first-order valence-electron chi connectivity index (χ1n) is 8.36. The van der Waals surface area contributed by atoms with Gasteiger partial charge in [0.25, 0.3) is 0 Å². The van der Waals surface area contributed by atoms with Crippen LogP contribution in [0.3, 0.4) is 0 Å². The molecule has 3 rings (SSSR count). The summed E-state index contributed by atoms with van der Waals surface area (Å²) in [5.41, 5.74) is 0.598. The molecule has 0 heterocycles. The maximum Gasteiger partial charge on any atom is 0.389 e. The number of ether oxygens (including phenoxy) is 3. The lowest BCUT2D eigenvalue weighted by molar-refractivity contribution is -0.167. The van der Waals surface area contributed by atoms with E-state index >= 15 is 0 Å². The van der Waals surface area contributed by atoms with E-state index in [1.807, 2.05) is 0 Å². The van der Waals surface area contributed by atoms with Gasteiger partial charge >= 0.3 is 12.3 Å². The Hall–Kier alpha value is -2.11. The quantitative estimate of drug-likeness (QED) is 0.280. The molecule has 29 heavy (non-hydrogen) atoms. The maximum atomic E-state index is 12.6. The van der Waals surface area contributed by atoms with Gasteiger partial charge in [-0.05, 0) is 60.7 Å². The average Bonchev–Trinajstić information content (AvgIpc) is 2.70. The van der Waals surface area contributed by atoms with Gasteiger partial charge in [0.15, 0.2) is 0 Å². The summed E-state index contributed by atoms with van der Waals surface area (Å²) < 4.78 is 16.7. The van der Waals surface area contributed by atoms with Crippen molar-refractivity contribution in [2.75, 3.05) is 0 Å². The Balaban J connectivity index is 1.73. The zero-order chi connectivity index (χ0) is 20.8. The molecule has 0 aliphatic carbocycles. The van der Waals surface area contributed by atoms with Crippen LogP contribution in [0.5, 0.6) is 11.5 Å². The normalized spacial score (nSPS) is 10.7. The standard InChI is InChI=1S/C21H14Cl4O4/c22-14-3-7-17(8-4-14)28-21(29-18-9-5-15(23)6-10-18)20(26)27-12-13-1-2-16(24)11-19(13)25/h1-11,21H,12H2. The van der Waals surface area contributed by atoms with Crippen LogP contribution in [0.4, 0.5) is 0 Å². The Kier molecular flexibility index (Phi) is 7.51. The topological polar surface area (TPSA) is 44.8 Å². The van der Waals surface area contributed by atoms with Crippen LogP contribution < -0.4 is 9.47 Å². The van der Waals surface area contributed by atoms with E-state index in [1.165, 1.54) is 0 Å². The van der Waals surface area contributed by atoms with E-state index in [1.54, 1.807) is 66.7 Å². The number of halogens is 4. The molecule has 3 aromatic rings. The van der Waals surface area contributed by atoms with Crippen molar-refractivity contribution < 1.29 is 19.0 Å². The first kappa shape index (κ1) is 21.6. The van der Waals surface area contributed by atoms with E-state index in [4.69, 9.17) is 60.6 Å². The number of carbonyl (C=O) groups is 1. The Morgan fingerprint density at radius 3 is 1.69 bits per heavy atom. The molecule has 0 atom stereocenters. The minimum absolute atomic E-state index is 0.0701. The maximum absolute atomic E-state index is 12.6.